The first kappa shape index (κ1) is 21.7. The lowest BCUT2D eigenvalue weighted by Gasteiger charge is -2.21. The molecule has 0 spiro atoms. The zero-order chi connectivity index (χ0) is 22.9. The minimum atomic E-state index is -0.140. The number of oxazole rings is 1. The molecule has 2 heterocycles. The van der Waals surface area contributed by atoms with Crippen LogP contribution in [0.25, 0.3) is 11.1 Å². The van der Waals surface area contributed by atoms with Crippen LogP contribution in [0.15, 0.2) is 81.5 Å². The zero-order valence-electron chi connectivity index (χ0n) is 18.3. The number of fused-ring (bicyclic) bond motifs is 1. The van der Waals surface area contributed by atoms with Crippen LogP contribution in [-0.4, -0.2) is 27.4 Å². The number of benzene rings is 3. The topological polar surface area (TPSA) is 58.7 Å². The first-order valence-corrected chi connectivity index (χ1v) is 12.1. The molecule has 33 heavy (non-hydrogen) atoms. The van der Waals surface area contributed by atoms with E-state index in [2.05, 4.69) is 37.0 Å². The van der Waals surface area contributed by atoms with E-state index in [0.29, 0.717) is 27.8 Å². The highest BCUT2D eigenvalue weighted by molar-refractivity contribution is 7.99. The molecule has 0 bridgehead atoms. The molecule has 1 aromatic heterocycles. The molecule has 0 saturated carbocycles. The zero-order valence-corrected chi connectivity index (χ0v) is 19.9. The monoisotopic (exact) mass is 475 g/mol. The lowest BCUT2D eigenvalue weighted by molar-refractivity contribution is -0.130. The van der Waals surface area contributed by atoms with E-state index in [0.717, 1.165) is 16.8 Å². The number of rotatable bonds is 5. The Bertz CT molecular complexity index is 1370. The molecule has 3 aromatic carbocycles. The Kier molecular flexibility index (Phi) is 5.96. The van der Waals surface area contributed by atoms with Crippen LogP contribution < -0.4 is 0 Å². The van der Waals surface area contributed by atoms with Crippen LogP contribution in [0.3, 0.4) is 0 Å². The van der Waals surface area contributed by atoms with Crippen molar-refractivity contribution >= 4 is 46.1 Å². The summed E-state index contributed by atoms with van der Waals surface area (Å²) in [5.41, 5.74) is 6.81. The number of carbonyl (C=O) groups is 1. The minimum absolute atomic E-state index is 0.0898. The molecule has 5 rings (SSSR count). The summed E-state index contributed by atoms with van der Waals surface area (Å²) in [7, 11) is 0. The van der Waals surface area contributed by atoms with E-state index in [1.807, 2.05) is 30.3 Å². The summed E-state index contributed by atoms with van der Waals surface area (Å²) in [4.78, 5) is 17.7. The second-order valence-electron chi connectivity index (χ2n) is 8.10. The van der Waals surface area contributed by atoms with Gasteiger partial charge in [0.25, 0.3) is 11.1 Å². The molecule has 0 radical (unpaired) electrons. The summed E-state index contributed by atoms with van der Waals surface area (Å²) in [6.45, 7) is 4.19. The fraction of sp³-hybridized carbons (Fsp3) is 0.192. The summed E-state index contributed by atoms with van der Waals surface area (Å²) in [5, 5.41) is 7.43. The predicted octanol–water partition coefficient (Wildman–Crippen LogP) is 6.57. The average Bonchev–Trinajstić information content (AvgIpc) is 3.44. The second-order valence-corrected chi connectivity index (χ2v) is 9.46. The molecule has 5 nitrogen and oxygen atoms in total. The van der Waals surface area contributed by atoms with Crippen molar-refractivity contribution < 1.29 is 9.21 Å². The Balaban J connectivity index is 1.39. The van der Waals surface area contributed by atoms with Crippen molar-refractivity contribution in [2.75, 3.05) is 5.75 Å². The summed E-state index contributed by atoms with van der Waals surface area (Å²) in [5.74, 6) is 0.0844. The molecular formula is C26H22ClN3O2S. The van der Waals surface area contributed by atoms with Crippen LogP contribution >= 0.6 is 23.4 Å². The fourth-order valence-electron chi connectivity index (χ4n) is 3.90. The van der Waals surface area contributed by atoms with Gasteiger partial charge in [0, 0.05) is 11.4 Å². The van der Waals surface area contributed by atoms with Crippen LogP contribution in [0.2, 0.25) is 5.02 Å². The number of nitrogens with zero attached hydrogens (tertiary/aromatic N) is 3. The van der Waals surface area contributed by atoms with Crippen molar-refractivity contribution in [2.24, 2.45) is 5.10 Å². The van der Waals surface area contributed by atoms with Gasteiger partial charge in [-0.1, -0.05) is 65.8 Å². The van der Waals surface area contributed by atoms with E-state index in [4.69, 9.17) is 21.1 Å². The van der Waals surface area contributed by atoms with Gasteiger partial charge in [-0.2, -0.15) is 5.10 Å². The number of aromatic nitrogens is 1. The number of carbonyl (C=O) groups excluding carboxylic acids is 1. The van der Waals surface area contributed by atoms with E-state index in [1.54, 1.807) is 23.2 Å². The molecule has 166 valence electrons. The van der Waals surface area contributed by atoms with Crippen molar-refractivity contribution in [1.82, 2.24) is 9.99 Å². The third kappa shape index (κ3) is 4.54. The molecule has 1 amide bonds. The van der Waals surface area contributed by atoms with E-state index in [-0.39, 0.29) is 17.7 Å². The van der Waals surface area contributed by atoms with Gasteiger partial charge in [0.15, 0.2) is 5.58 Å². The van der Waals surface area contributed by atoms with Gasteiger partial charge in [0.05, 0.1) is 17.5 Å². The fourth-order valence-corrected chi connectivity index (χ4v) is 4.76. The molecular weight excluding hydrogens is 454 g/mol. The van der Waals surface area contributed by atoms with E-state index in [9.17, 15) is 4.79 Å². The Morgan fingerprint density at radius 3 is 2.70 bits per heavy atom. The van der Waals surface area contributed by atoms with Gasteiger partial charge in [-0.25, -0.2) is 9.99 Å². The normalized spacial score (nSPS) is 15.8. The third-order valence-corrected chi connectivity index (χ3v) is 6.89. The van der Waals surface area contributed by atoms with Gasteiger partial charge in [-0.05, 0) is 60.4 Å². The van der Waals surface area contributed by atoms with Gasteiger partial charge in [-0.3, -0.25) is 4.79 Å². The Morgan fingerprint density at radius 2 is 1.91 bits per heavy atom. The second kappa shape index (κ2) is 9.04. The Morgan fingerprint density at radius 1 is 1.09 bits per heavy atom. The number of hydrogen-bond acceptors (Lipinski definition) is 5. The lowest BCUT2D eigenvalue weighted by Crippen LogP contribution is -2.28. The molecule has 4 aromatic rings. The molecule has 0 aliphatic carbocycles. The number of amides is 1. The van der Waals surface area contributed by atoms with Crippen molar-refractivity contribution in [3.05, 3.63) is 94.0 Å². The highest BCUT2D eigenvalue weighted by Crippen LogP contribution is 2.34. The maximum atomic E-state index is 13.3. The number of hydrazone groups is 1. The SMILES string of the molecule is Cc1ccc(C2=NN(C(=O)CSc3nc4cc(Cl)ccc4o3)C(c3ccccc3)C2)cc1C. The summed E-state index contributed by atoms with van der Waals surface area (Å²) in [6.07, 6.45) is 0.671. The Hall–Kier alpha value is -3.09. The molecule has 0 fully saturated rings. The van der Waals surface area contributed by atoms with Gasteiger partial charge in [0.1, 0.15) is 5.52 Å². The molecule has 0 N–H and O–H groups in total. The molecule has 1 aliphatic heterocycles. The number of hydrogen-bond donors (Lipinski definition) is 0. The van der Waals surface area contributed by atoms with Crippen LogP contribution in [0.5, 0.6) is 0 Å². The van der Waals surface area contributed by atoms with Crippen molar-refractivity contribution in [3.63, 3.8) is 0 Å². The standard InChI is InChI=1S/C26H22ClN3O2S/c1-16-8-9-19(12-17(16)2)21-14-23(18-6-4-3-5-7-18)30(29-21)25(31)15-33-26-28-22-13-20(27)10-11-24(22)32-26/h3-13,23H,14-15H2,1-2H3. The largest absolute Gasteiger partial charge is 0.431 e. The van der Waals surface area contributed by atoms with E-state index >= 15 is 0 Å². The Labute approximate surface area is 201 Å². The highest BCUT2D eigenvalue weighted by atomic mass is 35.5. The molecule has 1 aliphatic rings. The highest BCUT2D eigenvalue weighted by Gasteiger charge is 2.33. The smallest absolute Gasteiger partial charge is 0.257 e. The lowest BCUT2D eigenvalue weighted by atomic mass is 9.96. The van der Waals surface area contributed by atoms with Crippen molar-refractivity contribution in [1.29, 1.82) is 0 Å². The van der Waals surface area contributed by atoms with Gasteiger partial charge in [0.2, 0.25) is 0 Å². The summed E-state index contributed by atoms with van der Waals surface area (Å²) in [6, 6.07) is 21.5. The first-order chi connectivity index (χ1) is 16.0. The molecule has 7 heteroatoms. The van der Waals surface area contributed by atoms with Crippen LogP contribution in [0.1, 0.15) is 34.7 Å². The number of thioether (sulfide) groups is 1. The maximum absolute atomic E-state index is 13.3. The number of aryl methyl sites for hydroxylation is 2. The van der Waals surface area contributed by atoms with Crippen LogP contribution in [-0.2, 0) is 4.79 Å². The average molecular weight is 476 g/mol. The van der Waals surface area contributed by atoms with Crippen molar-refractivity contribution in [2.45, 2.75) is 31.5 Å². The van der Waals surface area contributed by atoms with Gasteiger partial charge < -0.3 is 4.42 Å². The summed E-state index contributed by atoms with van der Waals surface area (Å²) >= 11 is 7.30. The van der Waals surface area contributed by atoms with Crippen molar-refractivity contribution in [3.8, 4) is 0 Å². The maximum Gasteiger partial charge on any atom is 0.257 e. The molecule has 1 unspecified atom stereocenters. The van der Waals surface area contributed by atoms with E-state index in [1.165, 1.54) is 22.9 Å². The first-order valence-electron chi connectivity index (χ1n) is 10.7. The quantitative estimate of drug-likeness (QED) is 0.306. The van der Waals surface area contributed by atoms with Crippen LogP contribution in [0, 0.1) is 13.8 Å². The van der Waals surface area contributed by atoms with Gasteiger partial charge >= 0.3 is 0 Å². The third-order valence-electron chi connectivity index (χ3n) is 5.84. The predicted molar refractivity (Wildman–Crippen MR) is 133 cm³/mol. The molecule has 1 atom stereocenters. The number of halogens is 1. The summed E-state index contributed by atoms with van der Waals surface area (Å²) < 4.78 is 5.75. The van der Waals surface area contributed by atoms with Crippen LogP contribution in [0.4, 0.5) is 0 Å². The van der Waals surface area contributed by atoms with Gasteiger partial charge in [-0.15, -0.1) is 0 Å². The van der Waals surface area contributed by atoms with E-state index < -0.39 is 0 Å². The minimum Gasteiger partial charge on any atom is -0.431 e. The molecule has 0 saturated heterocycles.